The number of fused-ring (bicyclic) bond motifs is 1. The Morgan fingerprint density at radius 2 is 1.41 bits per heavy atom. The number of rotatable bonds is 6. The summed E-state index contributed by atoms with van der Waals surface area (Å²) in [6.45, 7) is 2.26. The van der Waals surface area contributed by atoms with Crippen LogP contribution in [0, 0.1) is 11.3 Å². The molecule has 3 heteroatoms. The zero-order chi connectivity index (χ0) is 18.6. The zero-order valence-corrected chi connectivity index (χ0v) is 17.0. The van der Waals surface area contributed by atoms with E-state index in [1.54, 1.807) is 0 Å². The highest BCUT2D eigenvalue weighted by Gasteiger charge is 2.09. The van der Waals surface area contributed by atoms with Gasteiger partial charge in [0.05, 0.1) is 11.6 Å². The summed E-state index contributed by atoms with van der Waals surface area (Å²) in [5.41, 5.74) is 4.29. The van der Waals surface area contributed by atoms with Crippen molar-refractivity contribution in [3.05, 3.63) is 71.1 Å². The van der Waals surface area contributed by atoms with Crippen molar-refractivity contribution in [3.63, 3.8) is 0 Å². The summed E-state index contributed by atoms with van der Waals surface area (Å²) >= 11 is 3.84. The van der Waals surface area contributed by atoms with Gasteiger partial charge in [-0.3, -0.25) is 0 Å². The quantitative estimate of drug-likeness (QED) is 0.308. The number of aryl methyl sites for hydroxylation is 1. The standard InChI is InChI=1S/C24H21NS2/c1-2-3-4-5-21-14-23-24(26-21)15-22(27-23)20-12-10-19(11-13-20)18-8-6-17(16-25)7-9-18/h6-15H,2-5H2,1H3. The molecule has 0 radical (unpaired) electrons. The monoisotopic (exact) mass is 387 g/mol. The molecule has 2 heterocycles. The lowest BCUT2D eigenvalue weighted by atomic mass is 10.0. The Hall–Kier alpha value is -2.41. The van der Waals surface area contributed by atoms with E-state index in [0.29, 0.717) is 5.56 Å². The van der Waals surface area contributed by atoms with E-state index in [-0.39, 0.29) is 0 Å². The predicted molar refractivity (Wildman–Crippen MR) is 119 cm³/mol. The van der Waals surface area contributed by atoms with Gasteiger partial charge in [-0.1, -0.05) is 56.2 Å². The maximum absolute atomic E-state index is 8.93. The molecular weight excluding hydrogens is 366 g/mol. The minimum Gasteiger partial charge on any atom is -0.192 e. The first-order valence-electron chi connectivity index (χ1n) is 9.40. The molecule has 0 aliphatic rings. The molecule has 1 nitrogen and oxygen atoms in total. The topological polar surface area (TPSA) is 23.8 Å². The van der Waals surface area contributed by atoms with Crippen LogP contribution in [0.15, 0.2) is 60.7 Å². The first-order chi connectivity index (χ1) is 13.3. The van der Waals surface area contributed by atoms with Crippen LogP contribution in [0.4, 0.5) is 0 Å². The van der Waals surface area contributed by atoms with Crippen LogP contribution in [0.1, 0.15) is 36.6 Å². The summed E-state index contributed by atoms with van der Waals surface area (Å²) in [5, 5.41) is 8.93. The van der Waals surface area contributed by atoms with E-state index in [1.165, 1.54) is 56.0 Å². The summed E-state index contributed by atoms with van der Waals surface area (Å²) < 4.78 is 2.83. The van der Waals surface area contributed by atoms with Crippen molar-refractivity contribution in [2.24, 2.45) is 0 Å². The highest BCUT2D eigenvalue weighted by molar-refractivity contribution is 7.29. The molecule has 0 spiro atoms. The third kappa shape index (κ3) is 3.98. The van der Waals surface area contributed by atoms with Crippen LogP contribution in [0.2, 0.25) is 0 Å². The number of benzene rings is 2. The number of nitriles is 1. The second-order valence-corrected chi connectivity index (χ2v) is 9.03. The van der Waals surface area contributed by atoms with E-state index in [0.717, 1.165) is 5.56 Å². The Balaban J connectivity index is 1.52. The number of hydrogen-bond acceptors (Lipinski definition) is 3. The largest absolute Gasteiger partial charge is 0.192 e. The molecule has 0 bridgehead atoms. The van der Waals surface area contributed by atoms with Gasteiger partial charge in [0.15, 0.2) is 0 Å². The maximum atomic E-state index is 8.93. The van der Waals surface area contributed by atoms with E-state index in [9.17, 15) is 0 Å². The summed E-state index contributed by atoms with van der Waals surface area (Å²) in [5.74, 6) is 0. The van der Waals surface area contributed by atoms with Crippen LogP contribution in [-0.4, -0.2) is 0 Å². The number of thiophene rings is 2. The van der Waals surface area contributed by atoms with Crippen molar-refractivity contribution < 1.29 is 0 Å². The molecule has 0 unspecified atom stereocenters. The lowest BCUT2D eigenvalue weighted by Crippen LogP contribution is -1.80. The van der Waals surface area contributed by atoms with E-state index in [1.807, 2.05) is 46.9 Å². The first kappa shape index (κ1) is 18.0. The van der Waals surface area contributed by atoms with E-state index in [4.69, 9.17) is 5.26 Å². The number of unbranched alkanes of at least 4 members (excludes halogenated alkanes) is 2. The molecule has 4 rings (SSSR count). The molecule has 0 N–H and O–H groups in total. The van der Waals surface area contributed by atoms with Crippen LogP contribution in [0.3, 0.4) is 0 Å². The minimum absolute atomic E-state index is 0.697. The van der Waals surface area contributed by atoms with E-state index in [2.05, 4.69) is 49.4 Å². The summed E-state index contributed by atoms with van der Waals surface area (Å²) in [6, 6.07) is 23.4. The molecule has 2 aromatic heterocycles. The minimum atomic E-state index is 0.697. The molecular formula is C24H21NS2. The van der Waals surface area contributed by atoms with Gasteiger partial charge in [0.2, 0.25) is 0 Å². The lowest BCUT2D eigenvalue weighted by Gasteiger charge is -2.03. The van der Waals surface area contributed by atoms with Crippen molar-refractivity contribution in [1.29, 1.82) is 5.26 Å². The smallest absolute Gasteiger partial charge is 0.0991 e. The van der Waals surface area contributed by atoms with Gasteiger partial charge in [-0.2, -0.15) is 5.26 Å². The van der Waals surface area contributed by atoms with E-state index >= 15 is 0 Å². The van der Waals surface area contributed by atoms with Gasteiger partial charge in [-0.15, -0.1) is 22.7 Å². The second kappa shape index (κ2) is 8.08. The van der Waals surface area contributed by atoms with Crippen molar-refractivity contribution >= 4 is 32.1 Å². The van der Waals surface area contributed by atoms with E-state index < -0.39 is 0 Å². The Labute approximate surface area is 168 Å². The van der Waals surface area contributed by atoms with Gasteiger partial charge in [-0.25, -0.2) is 0 Å². The summed E-state index contributed by atoms with van der Waals surface area (Å²) in [4.78, 5) is 2.86. The molecule has 0 saturated carbocycles. The molecule has 27 heavy (non-hydrogen) atoms. The fourth-order valence-electron chi connectivity index (χ4n) is 3.26. The van der Waals surface area contributed by atoms with Crippen LogP contribution in [0.25, 0.3) is 31.0 Å². The normalized spacial score (nSPS) is 11.0. The molecule has 134 valence electrons. The number of hydrogen-bond donors (Lipinski definition) is 0. The Bertz CT molecular complexity index is 1040. The van der Waals surface area contributed by atoms with Crippen LogP contribution in [0.5, 0.6) is 0 Å². The molecule has 0 saturated heterocycles. The predicted octanol–water partition coefficient (Wildman–Crippen LogP) is 7.90. The molecule has 2 aromatic carbocycles. The third-order valence-electron chi connectivity index (χ3n) is 4.80. The highest BCUT2D eigenvalue weighted by atomic mass is 32.1. The summed E-state index contributed by atoms with van der Waals surface area (Å²) in [6.07, 6.45) is 5.12. The van der Waals surface area contributed by atoms with Gasteiger partial charge >= 0.3 is 0 Å². The van der Waals surface area contributed by atoms with Crippen molar-refractivity contribution in [2.75, 3.05) is 0 Å². The molecule has 0 aliphatic heterocycles. The molecule has 0 aliphatic carbocycles. The Morgan fingerprint density at radius 3 is 2.04 bits per heavy atom. The molecule has 0 atom stereocenters. The van der Waals surface area contributed by atoms with Crippen LogP contribution < -0.4 is 0 Å². The molecule has 0 amide bonds. The van der Waals surface area contributed by atoms with Crippen molar-refractivity contribution in [1.82, 2.24) is 0 Å². The van der Waals surface area contributed by atoms with Gasteiger partial charge in [0.25, 0.3) is 0 Å². The molecule has 0 fully saturated rings. The first-order valence-corrected chi connectivity index (χ1v) is 11.0. The average molecular weight is 388 g/mol. The average Bonchev–Trinajstić information content (AvgIpc) is 3.27. The fraction of sp³-hybridized carbons (Fsp3) is 0.208. The lowest BCUT2D eigenvalue weighted by molar-refractivity contribution is 0.723. The van der Waals surface area contributed by atoms with Crippen molar-refractivity contribution in [3.8, 4) is 27.6 Å². The van der Waals surface area contributed by atoms with Crippen LogP contribution in [-0.2, 0) is 6.42 Å². The fourth-order valence-corrected chi connectivity index (χ4v) is 5.73. The van der Waals surface area contributed by atoms with Gasteiger partial charge in [-0.05, 0) is 53.8 Å². The number of nitrogens with zero attached hydrogens (tertiary/aromatic N) is 1. The molecule has 4 aromatic rings. The third-order valence-corrected chi connectivity index (χ3v) is 7.20. The maximum Gasteiger partial charge on any atom is 0.0991 e. The highest BCUT2D eigenvalue weighted by Crippen LogP contribution is 2.39. The van der Waals surface area contributed by atoms with Gasteiger partial charge in [0.1, 0.15) is 0 Å². The zero-order valence-electron chi connectivity index (χ0n) is 15.4. The Morgan fingerprint density at radius 1 is 0.778 bits per heavy atom. The Kier molecular flexibility index (Phi) is 5.38. The second-order valence-electron chi connectivity index (χ2n) is 6.78. The van der Waals surface area contributed by atoms with Gasteiger partial charge < -0.3 is 0 Å². The summed E-state index contributed by atoms with van der Waals surface area (Å²) in [7, 11) is 0. The SMILES string of the molecule is CCCCCc1cc2sc(-c3ccc(-c4ccc(C#N)cc4)cc3)cc2s1. The van der Waals surface area contributed by atoms with Crippen molar-refractivity contribution in [2.45, 2.75) is 32.6 Å². The van der Waals surface area contributed by atoms with Gasteiger partial charge in [0, 0.05) is 19.2 Å². The van der Waals surface area contributed by atoms with Crippen LogP contribution >= 0.6 is 22.7 Å².